The lowest BCUT2D eigenvalue weighted by Gasteiger charge is -2.30. The van der Waals surface area contributed by atoms with Crippen molar-refractivity contribution in [3.63, 3.8) is 0 Å². The van der Waals surface area contributed by atoms with Crippen LogP contribution in [-0.2, 0) is 0 Å². The molecule has 0 unspecified atom stereocenters. The summed E-state index contributed by atoms with van der Waals surface area (Å²) in [6.45, 7) is 0. The number of benzene rings is 3. The fourth-order valence-corrected chi connectivity index (χ4v) is 3.99. The third-order valence-corrected chi connectivity index (χ3v) is 5.27. The number of rotatable bonds is 1. The summed E-state index contributed by atoms with van der Waals surface area (Å²) < 4.78 is 9.86. The van der Waals surface area contributed by atoms with E-state index in [-0.39, 0.29) is 6.23 Å². The molecule has 0 N–H and O–H groups in total. The molecule has 0 radical (unpaired) electrons. The molecule has 3 aromatic carbocycles. The average molecular weight is 388 g/mol. The summed E-state index contributed by atoms with van der Waals surface area (Å²) in [6.07, 6.45) is -0.163. The van der Waals surface area contributed by atoms with E-state index in [0.717, 1.165) is 21.3 Å². The summed E-state index contributed by atoms with van der Waals surface area (Å²) in [7, 11) is 2.10. The topological polar surface area (TPSA) is 14.2 Å². The summed E-state index contributed by atoms with van der Waals surface area (Å²) in [5, 5.41) is 1.21. The Kier molecular flexibility index (Phi) is 3.29. The number of aromatic nitrogens is 1. The van der Waals surface area contributed by atoms with Gasteiger partial charge in [0.05, 0.1) is 11.2 Å². The zero-order valence-corrected chi connectivity index (χ0v) is 15.3. The van der Waals surface area contributed by atoms with Crippen LogP contribution in [0.15, 0.2) is 77.3 Å². The van der Waals surface area contributed by atoms with Gasteiger partial charge in [0.1, 0.15) is 13.6 Å². The molecule has 0 bridgehead atoms. The van der Waals surface area contributed by atoms with Crippen molar-refractivity contribution in [3.05, 3.63) is 82.8 Å². The van der Waals surface area contributed by atoms with Gasteiger partial charge in [-0.05, 0) is 36.4 Å². The third kappa shape index (κ3) is 2.32. The Labute approximate surface area is 155 Å². The van der Waals surface area contributed by atoms with Gasteiger partial charge in [0.25, 0.3) is 0 Å². The minimum absolute atomic E-state index is 0.163. The molecule has 1 aliphatic heterocycles. The Morgan fingerprint density at radius 2 is 1.76 bits per heavy atom. The zero-order chi connectivity index (χ0) is 17.0. The average Bonchev–Trinajstić information content (AvgIpc) is 3.00. The molecule has 2 nitrogen and oxygen atoms in total. The van der Waals surface area contributed by atoms with Crippen LogP contribution < -0.4 is 10.2 Å². The first-order valence-corrected chi connectivity index (χ1v) is 9.13. The molecule has 0 saturated carbocycles. The maximum Gasteiger partial charge on any atom is 0.203 e. The highest BCUT2D eigenvalue weighted by Gasteiger charge is 2.28. The number of fused-ring (bicyclic) bond motifs is 5. The number of hydrogen-bond donors (Lipinski definition) is 0. The van der Waals surface area contributed by atoms with Crippen molar-refractivity contribution in [1.82, 2.24) is 4.57 Å². The minimum Gasteiger partial charge on any atom is -0.465 e. The molecule has 0 amide bonds. The third-order valence-electron chi connectivity index (χ3n) is 4.77. The second kappa shape index (κ2) is 5.53. The molecule has 1 aromatic heterocycles. The highest BCUT2D eigenvalue weighted by molar-refractivity contribution is 9.10. The molecule has 4 heteroatoms. The molecule has 120 valence electrons. The molecule has 1 aliphatic rings. The monoisotopic (exact) mass is 387 g/mol. The normalized spacial score (nSPS) is 15.5. The van der Waals surface area contributed by atoms with Crippen molar-refractivity contribution < 1.29 is 4.74 Å². The molecular formula is C21H15BBrNO. The highest BCUT2D eigenvalue weighted by Crippen LogP contribution is 2.43. The first-order valence-electron chi connectivity index (χ1n) is 8.34. The summed E-state index contributed by atoms with van der Waals surface area (Å²) in [5.74, 6) is 0.947. The molecule has 1 atom stereocenters. The first kappa shape index (κ1) is 14.9. The van der Waals surface area contributed by atoms with Crippen LogP contribution in [0.4, 0.5) is 0 Å². The zero-order valence-electron chi connectivity index (χ0n) is 13.7. The fraction of sp³-hybridized carbons (Fsp3) is 0.0476. The number of hydrogen-bond acceptors (Lipinski definition) is 1. The van der Waals surface area contributed by atoms with E-state index in [1.54, 1.807) is 0 Å². The van der Waals surface area contributed by atoms with Crippen molar-refractivity contribution >= 4 is 40.1 Å². The largest absolute Gasteiger partial charge is 0.465 e. The van der Waals surface area contributed by atoms with Crippen LogP contribution in [0.3, 0.4) is 0 Å². The van der Waals surface area contributed by atoms with E-state index in [9.17, 15) is 0 Å². The van der Waals surface area contributed by atoms with Crippen LogP contribution in [0.25, 0.3) is 22.2 Å². The van der Waals surface area contributed by atoms with Gasteiger partial charge in [-0.15, -0.1) is 0 Å². The van der Waals surface area contributed by atoms with E-state index in [1.807, 2.05) is 6.07 Å². The molecule has 2 heterocycles. The van der Waals surface area contributed by atoms with Crippen molar-refractivity contribution in [3.8, 4) is 17.0 Å². The molecular weight excluding hydrogens is 373 g/mol. The molecule has 0 spiro atoms. The predicted molar refractivity (Wildman–Crippen MR) is 108 cm³/mol. The Hall–Kier alpha value is -2.46. The van der Waals surface area contributed by atoms with Gasteiger partial charge < -0.3 is 9.30 Å². The van der Waals surface area contributed by atoms with Gasteiger partial charge in [-0.3, -0.25) is 0 Å². The highest BCUT2D eigenvalue weighted by atomic mass is 79.9. The van der Waals surface area contributed by atoms with E-state index >= 15 is 0 Å². The van der Waals surface area contributed by atoms with E-state index in [4.69, 9.17) is 4.74 Å². The first-order chi connectivity index (χ1) is 12.2. The second-order valence-corrected chi connectivity index (χ2v) is 7.40. The van der Waals surface area contributed by atoms with Crippen LogP contribution >= 0.6 is 15.9 Å². The van der Waals surface area contributed by atoms with E-state index < -0.39 is 0 Å². The standard InChI is InChI=1S/C21H15BBrNO/c22-15-6-8-17-19-11-14-10-16(23)7-9-18(14)24(19)21(25-20(17)12-15)13-4-2-1-3-5-13/h1-12,21H,22H2/t21-/m1/s1. The Bertz CT molecular complexity index is 1100. The SMILES string of the molecule is Bc1ccc2c(c1)O[C@H](c1ccccc1)n1c-2cc2cc(Br)ccc21. The van der Waals surface area contributed by atoms with Crippen molar-refractivity contribution in [2.45, 2.75) is 6.23 Å². The lowest BCUT2D eigenvalue weighted by Crippen LogP contribution is -2.23. The van der Waals surface area contributed by atoms with Gasteiger partial charge in [-0.25, -0.2) is 0 Å². The summed E-state index contributed by atoms with van der Waals surface area (Å²) >= 11 is 3.59. The molecule has 0 fully saturated rings. The summed E-state index contributed by atoms with van der Waals surface area (Å²) in [5.41, 5.74) is 5.88. The molecule has 0 aliphatic carbocycles. The van der Waals surface area contributed by atoms with E-state index in [1.165, 1.54) is 22.1 Å². The minimum atomic E-state index is -0.163. The summed E-state index contributed by atoms with van der Waals surface area (Å²) in [4.78, 5) is 0. The van der Waals surface area contributed by atoms with Crippen LogP contribution in [0.5, 0.6) is 5.75 Å². The molecule has 4 aromatic rings. The van der Waals surface area contributed by atoms with Gasteiger partial charge >= 0.3 is 0 Å². The number of halogens is 1. The maximum atomic E-state index is 6.47. The molecule has 5 rings (SSSR count). The predicted octanol–water partition coefficient (Wildman–Crippen LogP) is 4.27. The van der Waals surface area contributed by atoms with Crippen LogP contribution in [0.1, 0.15) is 11.8 Å². The van der Waals surface area contributed by atoms with Gasteiger partial charge in [0, 0.05) is 21.0 Å². The number of ether oxygens (including phenoxy) is 1. The van der Waals surface area contributed by atoms with Crippen LogP contribution in [0, 0.1) is 0 Å². The Morgan fingerprint density at radius 1 is 0.920 bits per heavy atom. The van der Waals surface area contributed by atoms with Crippen molar-refractivity contribution in [2.24, 2.45) is 0 Å². The summed E-state index contributed by atoms with van der Waals surface area (Å²) in [6, 6.07) is 25.5. The lowest BCUT2D eigenvalue weighted by molar-refractivity contribution is 0.173. The van der Waals surface area contributed by atoms with Crippen LogP contribution in [0.2, 0.25) is 0 Å². The van der Waals surface area contributed by atoms with E-state index in [0.29, 0.717) is 0 Å². The Morgan fingerprint density at radius 3 is 2.60 bits per heavy atom. The van der Waals surface area contributed by atoms with Gasteiger partial charge in [0.15, 0.2) is 0 Å². The number of nitrogens with zero attached hydrogens (tertiary/aromatic N) is 1. The van der Waals surface area contributed by atoms with Gasteiger partial charge in [-0.2, -0.15) is 0 Å². The van der Waals surface area contributed by atoms with Crippen molar-refractivity contribution in [2.75, 3.05) is 0 Å². The quantitative estimate of drug-likeness (QED) is 0.445. The maximum absolute atomic E-state index is 6.47. The second-order valence-electron chi connectivity index (χ2n) is 6.48. The fourth-order valence-electron chi connectivity index (χ4n) is 3.61. The smallest absolute Gasteiger partial charge is 0.203 e. The molecule has 25 heavy (non-hydrogen) atoms. The van der Waals surface area contributed by atoms with E-state index in [2.05, 4.69) is 95.1 Å². The van der Waals surface area contributed by atoms with Crippen LogP contribution in [-0.4, -0.2) is 12.4 Å². The molecule has 0 saturated heterocycles. The van der Waals surface area contributed by atoms with Gasteiger partial charge in [0.2, 0.25) is 6.23 Å². The van der Waals surface area contributed by atoms with Crippen molar-refractivity contribution in [1.29, 1.82) is 0 Å². The van der Waals surface area contributed by atoms with Gasteiger partial charge in [-0.1, -0.05) is 57.8 Å². The Balaban J connectivity index is 1.84. The lowest BCUT2D eigenvalue weighted by atomic mass is 9.93.